The summed E-state index contributed by atoms with van der Waals surface area (Å²) in [4.78, 5) is 13.5. The van der Waals surface area contributed by atoms with Crippen molar-refractivity contribution in [2.24, 2.45) is 0 Å². The lowest BCUT2D eigenvalue weighted by molar-refractivity contribution is -0.0100. The minimum atomic E-state index is 0.0980. The van der Waals surface area contributed by atoms with Gasteiger partial charge in [0.2, 0.25) is 0 Å². The van der Waals surface area contributed by atoms with Gasteiger partial charge >= 0.3 is 0 Å². The van der Waals surface area contributed by atoms with E-state index in [2.05, 4.69) is 4.90 Å². The molecule has 0 amide bonds. The lowest BCUT2D eigenvalue weighted by atomic mass is 10.1. The maximum atomic E-state index is 11.2. The van der Waals surface area contributed by atoms with E-state index in [0.29, 0.717) is 13.2 Å². The van der Waals surface area contributed by atoms with Gasteiger partial charge < -0.3 is 14.4 Å². The molecule has 1 aromatic rings. The van der Waals surface area contributed by atoms with E-state index in [1.165, 1.54) is 0 Å². The third kappa shape index (κ3) is 3.09. The number of carbonyl (C=O) groups is 1. The fourth-order valence-corrected chi connectivity index (χ4v) is 2.15. The number of hydrogen-bond donors (Lipinski definition) is 0. The van der Waals surface area contributed by atoms with Crippen molar-refractivity contribution in [2.75, 3.05) is 38.3 Å². The Morgan fingerprint density at radius 1 is 1.44 bits per heavy atom. The summed E-state index contributed by atoms with van der Waals surface area (Å²) in [5.74, 6) is 0.0980. The van der Waals surface area contributed by atoms with Gasteiger partial charge in [0.25, 0.3) is 0 Å². The number of carbonyl (C=O) groups excluding carboxylic acids is 1. The standard InChI is InChI=1S/C14H19NO3/c1-11(16)12-3-5-13(6-4-12)15-7-8-18-14(9-15)10-17-2/h3-6,14H,7-10H2,1-2H3. The third-order valence-electron chi connectivity index (χ3n) is 3.13. The van der Waals surface area contributed by atoms with Crippen LogP contribution in [-0.4, -0.2) is 45.3 Å². The van der Waals surface area contributed by atoms with Crippen LogP contribution in [0.4, 0.5) is 5.69 Å². The second-order valence-corrected chi connectivity index (χ2v) is 4.50. The summed E-state index contributed by atoms with van der Waals surface area (Å²) in [5, 5.41) is 0. The highest BCUT2D eigenvalue weighted by Gasteiger charge is 2.20. The van der Waals surface area contributed by atoms with Gasteiger partial charge in [-0.1, -0.05) is 0 Å². The molecule has 98 valence electrons. The van der Waals surface area contributed by atoms with Crippen LogP contribution in [0.5, 0.6) is 0 Å². The van der Waals surface area contributed by atoms with E-state index in [-0.39, 0.29) is 11.9 Å². The first-order valence-electron chi connectivity index (χ1n) is 6.17. The molecule has 1 saturated heterocycles. The molecule has 1 fully saturated rings. The summed E-state index contributed by atoms with van der Waals surface area (Å²) >= 11 is 0. The Hall–Kier alpha value is -1.39. The smallest absolute Gasteiger partial charge is 0.159 e. The molecule has 0 radical (unpaired) electrons. The molecule has 4 heteroatoms. The number of ketones is 1. The van der Waals surface area contributed by atoms with Crippen LogP contribution in [0.3, 0.4) is 0 Å². The number of morpholine rings is 1. The molecule has 4 nitrogen and oxygen atoms in total. The second kappa shape index (κ2) is 5.98. The molecule has 1 heterocycles. The second-order valence-electron chi connectivity index (χ2n) is 4.50. The lowest BCUT2D eigenvalue weighted by Crippen LogP contribution is -2.44. The van der Waals surface area contributed by atoms with Crippen molar-refractivity contribution in [2.45, 2.75) is 13.0 Å². The van der Waals surface area contributed by atoms with Crippen molar-refractivity contribution in [3.8, 4) is 0 Å². The fourth-order valence-electron chi connectivity index (χ4n) is 2.15. The predicted octanol–water partition coefficient (Wildman–Crippen LogP) is 1.74. The van der Waals surface area contributed by atoms with Crippen LogP contribution in [0, 0.1) is 0 Å². The zero-order valence-electron chi connectivity index (χ0n) is 10.9. The largest absolute Gasteiger partial charge is 0.382 e. The summed E-state index contributed by atoms with van der Waals surface area (Å²) in [6.45, 7) is 4.61. The van der Waals surface area contributed by atoms with Crippen LogP contribution >= 0.6 is 0 Å². The normalized spacial score (nSPS) is 19.9. The van der Waals surface area contributed by atoms with Crippen molar-refractivity contribution in [3.05, 3.63) is 29.8 Å². The number of Topliss-reactive ketones (excluding diaryl/α,β-unsaturated/α-hetero) is 1. The molecular weight excluding hydrogens is 230 g/mol. The monoisotopic (exact) mass is 249 g/mol. The number of anilines is 1. The number of methoxy groups -OCH3 is 1. The van der Waals surface area contributed by atoms with Crippen LogP contribution in [0.15, 0.2) is 24.3 Å². The zero-order chi connectivity index (χ0) is 13.0. The number of benzene rings is 1. The molecule has 0 bridgehead atoms. The molecule has 1 aliphatic rings. The SMILES string of the molecule is COCC1CN(c2ccc(C(C)=O)cc2)CCO1. The van der Waals surface area contributed by atoms with E-state index in [1.54, 1.807) is 14.0 Å². The van der Waals surface area contributed by atoms with E-state index in [9.17, 15) is 4.79 Å². The fraction of sp³-hybridized carbons (Fsp3) is 0.500. The van der Waals surface area contributed by atoms with E-state index in [0.717, 1.165) is 24.3 Å². The van der Waals surface area contributed by atoms with Gasteiger partial charge in [-0.3, -0.25) is 4.79 Å². The molecule has 1 aromatic carbocycles. The minimum Gasteiger partial charge on any atom is -0.382 e. The third-order valence-corrected chi connectivity index (χ3v) is 3.13. The van der Waals surface area contributed by atoms with E-state index < -0.39 is 0 Å². The average Bonchev–Trinajstić information content (AvgIpc) is 2.39. The van der Waals surface area contributed by atoms with Gasteiger partial charge in [0.15, 0.2) is 5.78 Å². The van der Waals surface area contributed by atoms with Gasteiger partial charge in [0, 0.05) is 31.5 Å². The summed E-state index contributed by atoms with van der Waals surface area (Å²) in [5.41, 5.74) is 1.88. The van der Waals surface area contributed by atoms with Gasteiger partial charge in [0.1, 0.15) is 0 Å². The number of ether oxygens (including phenoxy) is 2. The molecule has 0 N–H and O–H groups in total. The van der Waals surface area contributed by atoms with Crippen molar-refractivity contribution in [3.63, 3.8) is 0 Å². The van der Waals surface area contributed by atoms with E-state index >= 15 is 0 Å². The molecule has 18 heavy (non-hydrogen) atoms. The van der Waals surface area contributed by atoms with Gasteiger partial charge in [-0.25, -0.2) is 0 Å². The van der Waals surface area contributed by atoms with Gasteiger partial charge in [-0.05, 0) is 31.2 Å². The van der Waals surface area contributed by atoms with Crippen LogP contribution in [0.2, 0.25) is 0 Å². The Bertz CT molecular complexity index is 400. The van der Waals surface area contributed by atoms with Gasteiger partial charge in [-0.2, -0.15) is 0 Å². The summed E-state index contributed by atoms with van der Waals surface area (Å²) in [6, 6.07) is 7.73. The Labute approximate surface area is 107 Å². The summed E-state index contributed by atoms with van der Waals surface area (Å²) < 4.78 is 10.7. The molecule has 1 unspecified atom stereocenters. The summed E-state index contributed by atoms with van der Waals surface area (Å²) in [6.07, 6.45) is 0.122. The molecule has 1 aliphatic heterocycles. The summed E-state index contributed by atoms with van der Waals surface area (Å²) in [7, 11) is 1.68. The minimum absolute atomic E-state index is 0.0980. The maximum Gasteiger partial charge on any atom is 0.159 e. The van der Waals surface area contributed by atoms with E-state index in [1.807, 2.05) is 24.3 Å². The molecule has 0 aromatic heterocycles. The Morgan fingerprint density at radius 3 is 2.78 bits per heavy atom. The first-order valence-corrected chi connectivity index (χ1v) is 6.17. The van der Waals surface area contributed by atoms with Crippen molar-refractivity contribution in [1.82, 2.24) is 0 Å². The quantitative estimate of drug-likeness (QED) is 0.762. The van der Waals surface area contributed by atoms with Crippen LogP contribution in [-0.2, 0) is 9.47 Å². The highest BCUT2D eigenvalue weighted by Crippen LogP contribution is 2.18. The first kappa shape index (κ1) is 13.1. The van der Waals surface area contributed by atoms with E-state index in [4.69, 9.17) is 9.47 Å². The first-order chi connectivity index (χ1) is 8.70. The topological polar surface area (TPSA) is 38.8 Å². The highest BCUT2D eigenvalue weighted by molar-refractivity contribution is 5.94. The molecule has 1 atom stereocenters. The average molecular weight is 249 g/mol. The Balaban J connectivity index is 2.04. The maximum absolute atomic E-state index is 11.2. The number of rotatable bonds is 4. The van der Waals surface area contributed by atoms with Crippen molar-refractivity contribution < 1.29 is 14.3 Å². The van der Waals surface area contributed by atoms with Gasteiger partial charge in [-0.15, -0.1) is 0 Å². The van der Waals surface area contributed by atoms with Crippen LogP contribution < -0.4 is 4.90 Å². The van der Waals surface area contributed by atoms with Crippen molar-refractivity contribution >= 4 is 11.5 Å². The van der Waals surface area contributed by atoms with Crippen LogP contribution in [0.1, 0.15) is 17.3 Å². The molecule has 0 aliphatic carbocycles. The van der Waals surface area contributed by atoms with Gasteiger partial charge in [0.05, 0.1) is 19.3 Å². The molecule has 0 spiro atoms. The van der Waals surface area contributed by atoms with Crippen LogP contribution in [0.25, 0.3) is 0 Å². The zero-order valence-corrected chi connectivity index (χ0v) is 10.9. The highest BCUT2D eigenvalue weighted by atomic mass is 16.5. The number of hydrogen-bond acceptors (Lipinski definition) is 4. The lowest BCUT2D eigenvalue weighted by Gasteiger charge is -2.34. The Morgan fingerprint density at radius 2 is 2.17 bits per heavy atom. The predicted molar refractivity (Wildman–Crippen MR) is 70.3 cm³/mol. The molecule has 0 saturated carbocycles. The molecule has 2 rings (SSSR count). The Kier molecular flexibility index (Phi) is 4.33. The van der Waals surface area contributed by atoms with Crippen molar-refractivity contribution in [1.29, 1.82) is 0 Å². The number of nitrogens with zero attached hydrogens (tertiary/aromatic N) is 1. The molecular formula is C14H19NO3.